The van der Waals surface area contributed by atoms with E-state index in [4.69, 9.17) is 5.26 Å². The summed E-state index contributed by atoms with van der Waals surface area (Å²) in [7, 11) is 0.771. The van der Waals surface area contributed by atoms with Crippen LogP contribution in [0.4, 0.5) is 0 Å². The van der Waals surface area contributed by atoms with Crippen LogP contribution in [0.15, 0.2) is 51.7 Å². The minimum Gasteiger partial charge on any atom is -0.345 e. The third-order valence-corrected chi connectivity index (χ3v) is 6.76. The van der Waals surface area contributed by atoms with E-state index in [1.165, 1.54) is 20.2 Å². The topological polar surface area (TPSA) is 53.5 Å². The predicted molar refractivity (Wildman–Crippen MR) is 112 cm³/mol. The van der Waals surface area contributed by atoms with Crippen LogP contribution in [0.5, 0.6) is 0 Å². The summed E-state index contributed by atoms with van der Waals surface area (Å²) >= 11 is 3.60. The molecule has 3 aromatic heterocycles. The lowest BCUT2D eigenvalue weighted by atomic mass is 9.94. The van der Waals surface area contributed by atoms with Gasteiger partial charge in [0.25, 0.3) is 7.41 Å². The van der Waals surface area contributed by atoms with Crippen molar-refractivity contribution in [3.8, 4) is 16.6 Å². The van der Waals surface area contributed by atoms with E-state index in [2.05, 4.69) is 63.7 Å². The molecule has 128 valence electrons. The number of fused-ring (bicyclic) bond motifs is 1. The minimum absolute atomic E-state index is 0.625. The molecule has 1 aliphatic heterocycles. The number of thioether (sulfide) groups is 1. The lowest BCUT2D eigenvalue weighted by Crippen LogP contribution is -1.96. The van der Waals surface area contributed by atoms with Gasteiger partial charge in [0.2, 0.25) is 0 Å². The molecule has 0 saturated heterocycles. The molecule has 7 heteroatoms. The Balaban J connectivity index is 1.62. The zero-order valence-corrected chi connectivity index (χ0v) is 16.1. The lowest BCUT2D eigenvalue weighted by Gasteiger charge is -2.06. The first-order valence-electron chi connectivity index (χ1n) is 8.55. The molecular formula is C19H17BN4S2. The largest absolute Gasteiger partial charge is 0.345 e. The number of nitriles is 1. The molecule has 4 heterocycles. The van der Waals surface area contributed by atoms with Crippen molar-refractivity contribution < 1.29 is 0 Å². The maximum absolute atomic E-state index is 8.63. The molecule has 0 fully saturated rings. The van der Waals surface area contributed by atoms with Gasteiger partial charge in [0, 0.05) is 18.3 Å². The highest BCUT2D eigenvalue weighted by Crippen LogP contribution is 2.35. The van der Waals surface area contributed by atoms with E-state index in [-0.39, 0.29) is 0 Å². The third-order valence-electron chi connectivity index (χ3n) is 4.34. The van der Waals surface area contributed by atoms with E-state index >= 15 is 0 Å². The van der Waals surface area contributed by atoms with Gasteiger partial charge in [-0.25, -0.2) is 4.98 Å². The third kappa shape index (κ3) is 3.35. The Bertz CT molecular complexity index is 1060. The van der Waals surface area contributed by atoms with E-state index in [0.717, 1.165) is 36.6 Å². The molecule has 0 N–H and O–H groups in total. The summed E-state index contributed by atoms with van der Waals surface area (Å²) in [5, 5.41) is 8.63. The van der Waals surface area contributed by atoms with Gasteiger partial charge in [0.05, 0.1) is 27.0 Å². The Morgan fingerprint density at radius 3 is 3.04 bits per heavy atom. The van der Waals surface area contributed by atoms with Gasteiger partial charge >= 0.3 is 0 Å². The number of nitrogens with zero attached hydrogens (tertiary/aromatic N) is 4. The molecule has 3 aromatic rings. The fraction of sp³-hybridized carbons (Fsp3) is 0.211. The maximum atomic E-state index is 8.63. The summed E-state index contributed by atoms with van der Waals surface area (Å²) in [4.78, 5) is 10.2. The fourth-order valence-corrected chi connectivity index (χ4v) is 5.17. The Morgan fingerprint density at radius 1 is 1.31 bits per heavy atom. The van der Waals surface area contributed by atoms with E-state index in [1.54, 1.807) is 11.3 Å². The van der Waals surface area contributed by atoms with Gasteiger partial charge in [-0.1, -0.05) is 5.98 Å². The monoisotopic (exact) mass is 376 g/mol. The van der Waals surface area contributed by atoms with Gasteiger partial charge in [0.15, 0.2) is 0 Å². The molecule has 0 atom stereocenters. The Hall–Kier alpha value is -2.30. The van der Waals surface area contributed by atoms with Gasteiger partial charge in [-0.2, -0.15) is 5.26 Å². The molecule has 4 nitrogen and oxygen atoms in total. The number of rotatable bonds is 6. The first kappa shape index (κ1) is 17.1. The van der Waals surface area contributed by atoms with E-state index < -0.39 is 0 Å². The number of imidazole rings is 1. The highest BCUT2D eigenvalue weighted by atomic mass is 32.2. The van der Waals surface area contributed by atoms with Crippen LogP contribution < -0.4 is 0 Å². The van der Waals surface area contributed by atoms with Crippen LogP contribution in [-0.2, 0) is 0 Å². The van der Waals surface area contributed by atoms with Gasteiger partial charge < -0.3 is 4.90 Å². The zero-order chi connectivity index (χ0) is 17.9. The lowest BCUT2D eigenvalue weighted by molar-refractivity contribution is 0.982. The second kappa shape index (κ2) is 7.52. The molecule has 0 radical (unpaired) electrons. The summed E-state index contributed by atoms with van der Waals surface area (Å²) in [6.07, 6.45) is 5.66. The quantitative estimate of drug-likeness (QED) is 0.358. The molecule has 0 aromatic carbocycles. The van der Waals surface area contributed by atoms with E-state index in [1.807, 2.05) is 18.0 Å². The summed E-state index contributed by atoms with van der Waals surface area (Å²) in [5.41, 5.74) is 5.56. The smallest absolute Gasteiger partial charge is 0.288 e. The second-order valence-corrected chi connectivity index (χ2v) is 8.54. The SMILES string of the molecule is CC1=NBC=C1c1ccc2ncc(-c3ccc(SCCCC#N)s3)n2c1. The molecule has 4 rings (SSSR count). The summed E-state index contributed by atoms with van der Waals surface area (Å²) < 4.78 is 3.45. The van der Waals surface area contributed by atoms with Crippen LogP contribution in [0, 0.1) is 11.3 Å². The molecule has 0 aliphatic carbocycles. The number of pyridine rings is 1. The molecule has 0 unspecified atom stereocenters. The number of aromatic nitrogens is 2. The van der Waals surface area contributed by atoms with Crippen LogP contribution >= 0.6 is 23.1 Å². The van der Waals surface area contributed by atoms with Gasteiger partial charge in [-0.3, -0.25) is 4.40 Å². The van der Waals surface area contributed by atoms with Crippen molar-refractivity contribution in [1.29, 1.82) is 5.26 Å². The Morgan fingerprint density at radius 2 is 2.23 bits per heavy atom. The van der Waals surface area contributed by atoms with Crippen molar-refractivity contribution in [3.05, 3.63) is 48.2 Å². The second-order valence-electron chi connectivity index (χ2n) is 6.06. The Kier molecular flexibility index (Phi) is 4.96. The highest BCUT2D eigenvalue weighted by Gasteiger charge is 2.14. The first-order valence-corrected chi connectivity index (χ1v) is 10.4. The molecular weight excluding hydrogens is 359 g/mol. The highest BCUT2D eigenvalue weighted by molar-refractivity contribution is 8.01. The molecule has 0 bridgehead atoms. The summed E-state index contributed by atoms with van der Waals surface area (Å²) in [5.74, 6) is 3.16. The summed E-state index contributed by atoms with van der Waals surface area (Å²) in [6.45, 7) is 2.06. The van der Waals surface area contributed by atoms with Gasteiger partial charge in [-0.05, 0) is 54.5 Å². The van der Waals surface area contributed by atoms with Crippen LogP contribution in [0.1, 0.15) is 25.3 Å². The zero-order valence-electron chi connectivity index (χ0n) is 14.5. The van der Waals surface area contributed by atoms with Crippen LogP contribution in [-0.4, -0.2) is 28.3 Å². The number of unbranched alkanes of at least 4 members (excludes halogenated alkanes) is 1. The number of hydrogen-bond acceptors (Lipinski definition) is 5. The predicted octanol–water partition coefficient (Wildman–Crippen LogP) is 4.63. The molecule has 0 amide bonds. The van der Waals surface area contributed by atoms with E-state index in [9.17, 15) is 0 Å². The van der Waals surface area contributed by atoms with E-state index in [0.29, 0.717) is 6.42 Å². The molecule has 1 aliphatic rings. The van der Waals surface area contributed by atoms with Crippen LogP contribution in [0.3, 0.4) is 0 Å². The van der Waals surface area contributed by atoms with Gasteiger partial charge in [-0.15, -0.1) is 23.1 Å². The molecule has 0 saturated carbocycles. The average molecular weight is 376 g/mol. The van der Waals surface area contributed by atoms with Crippen molar-refractivity contribution in [3.63, 3.8) is 0 Å². The number of allylic oxidation sites excluding steroid dienone is 1. The van der Waals surface area contributed by atoms with Crippen molar-refractivity contribution in [1.82, 2.24) is 9.38 Å². The average Bonchev–Trinajstić information content (AvgIpc) is 3.37. The standard InChI is InChI=1S/C19H17BN4S2/c1-13-15(10-20-23-13)14-4-6-18-22-11-16(24(18)12-14)17-5-7-19(26-17)25-9-3-2-8-21/h4-7,10-12,20H,2-3,9H2,1H3. The van der Waals surface area contributed by atoms with Crippen molar-refractivity contribution >= 4 is 47.4 Å². The van der Waals surface area contributed by atoms with Crippen molar-refractivity contribution in [2.75, 3.05) is 5.75 Å². The van der Waals surface area contributed by atoms with Crippen LogP contribution in [0.25, 0.3) is 21.8 Å². The summed E-state index contributed by atoms with van der Waals surface area (Å²) in [6, 6.07) is 10.7. The minimum atomic E-state index is 0.625. The van der Waals surface area contributed by atoms with Crippen molar-refractivity contribution in [2.45, 2.75) is 24.0 Å². The van der Waals surface area contributed by atoms with Crippen LogP contribution in [0.2, 0.25) is 0 Å². The number of hydrogen-bond donors (Lipinski definition) is 0. The molecule has 0 spiro atoms. The first-order chi connectivity index (χ1) is 12.8. The van der Waals surface area contributed by atoms with Crippen molar-refractivity contribution in [2.24, 2.45) is 4.90 Å². The maximum Gasteiger partial charge on any atom is 0.288 e. The van der Waals surface area contributed by atoms with Gasteiger partial charge in [0.1, 0.15) is 5.65 Å². The fourth-order valence-electron chi connectivity index (χ4n) is 3.02. The molecule has 26 heavy (non-hydrogen) atoms. The Labute approximate surface area is 161 Å². The normalized spacial score (nSPS) is 13.4. The number of thiophene rings is 1.